The minimum Gasteiger partial charge on any atom is -0.309 e. The van der Waals surface area contributed by atoms with E-state index in [0.717, 1.165) is 5.56 Å². The molecule has 0 bridgehead atoms. The number of nitrogens with one attached hydrogen (secondary N) is 1. The van der Waals surface area contributed by atoms with Crippen LogP contribution in [0.3, 0.4) is 0 Å². The summed E-state index contributed by atoms with van der Waals surface area (Å²) in [4.78, 5) is 21.8. The first kappa shape index (κ1) is 10.1. The Hall–Kier alpha value is -2.48. The van der Waals surface area contributed by atoms with E-state index >= 15 is 0 Å². The molecule has 0 aliphatic carbocycles. The summed E-state index contributed by atoms with van der Waals surface area (Å²) in [5.74, 6) is 0.537. The third-order valence-electron chi connectivity index (χ3n) is 2.09. The topological polar surface area (TPSA) is 82.4 Å². The molecule has 78 valence electrons. The molecule has 0 saturated carbocycles. The van der Waals surface area contributed by atoms with Gasteiger partial charge in [0.05, 0.1) is 6.20 Å². The summed E-state index contributed by atoms with van der Waals surface area (Å²) in [6.45, 7) is 0. The van der Waals surface area contributed by atoms with E-state index < -0.39 is 5.56 Å². The fourth-order valence-electron chi connectivity index (χ4n) is 1.30. The zero-order valence-corrected chi connectivity index (χ0v) is 8.34. The van der Waals surface area contributed by atoms with Crippen LogP contribution in [0.2, 0.25) is 0 Å². The van der Waals surface area contributed by atoms with Crippen LogP contribution in [-0.2, 0) is 6.42 Å². The van der Waals surface area contributed by atoms with Crippen LogP contribution >= 0.6 is 0 Å². The average molecular weight is 212 g/mol. The number of hydrogen-bond donors (Lipinski definition) is 1. The molecule has 0 spiro atoms. The number of nitrogens with zero attached hydrogens (tertiary/aromatic N) is 3. The van der Waals surface area contributed by atoms with Crippen molar-refractivity contribution in [2.24, 2.45) is 0 Å². The maximum absolute atomic E-state index is 11.3. The number of nitriles is 1. The Morgan fingerprint density at radius 2 is 2.12 bits per heavy atom. The zero-order valence-electron chi connectivity index (χ0n) is 8.34. The van der Waals surface area contributed by atoms with Crippen molar-refractivity contribution in [1.82, 2.24) is 15.0 Å². The third kappa shape index (κ3) is 2.12. The molecule has 0 fully saturated rings. The van der Waals surface area contributed by atoms with Gasteiger partial charge >= 0.3 is 0 Å². The van der Waals surface area contributed by atoms with Gasteiger partial charge in [0, 0.05) is 18.8 Å². The van der Waals surface area contributed by atoms with Gasteiger partial charge in [0.25, 0.3) is 5.56 Å². The molecule has 2 rings (SSSR count). The van der Waals surface area contributed by atoms with Crippen molar-refractivity contribution in [3.8, 4) is 6.07 Å². The van der Waals surface area contributed by atoms with Crippen LogP contribution in [0.5, 0.6) is 0 Å². The van der Waals surface area contributed by atoms with E-state index in [4.69, 9.17) is 5.26 Å². The Morgan fingerprint density at radius 3 is 2.75 bits per heavy atom. The van der Waals surface area contributed by atoms with Gasteiger partial charge in [-0.15, -0.1) is 0 Å². The van der Waals surface area contributed by atoms with Crippen molar-refractivity contribution in [2.45, 2.75) is 6.42 Å². The summed E-state index contributed by atoms with van der Waals surface area (Å²) in [6, 6.07) is 5.46. The lowest BCUT2D eigenvalue weighted by Crippen LogP contribution is -2.14. The molecule has 0 aromatic carbocycles. The molecular weight excluding hydrogens is 204 g/mol. The van der Waals surface area contributed by atoms with Crippen LogP contribution in [0.1, 0.15) is 17.0 Å². The van der Waals surface area contributed by atoms with Crippen LogP contribution in [0.4, 0.5) is 0 Å². The van der Waals surface area contributed by atoms with Gasteiger partial charge in [-0.2, -0.15) is 5.26 Å². The van der Waals surface area contributed by atoms with Gasteiger partial charge in [-0.05, 0) is 17.7 Å². The minimum absolute atomic E-state index is 0.0264. The molecule has 1 N–H and O–H groups in total. The molecule has 2 aromatic heterocycles. The van der Waals surface area contributed by atoms with Crippen LogP contribution < -0.4 is 5.56 Å². The Bertz CT molecular complexity index is 583. The Balaban J connectivity index is 2.28. The number of H-pyrrole nitrogens is 1. The van der Waals surface area contributed by atoms with E-state index in [9.17, 15) is 4.79 Å². The van der Waals surface area contributed by atoms with E-state index in [1.807, 2.05) is 12.1 Å². The normalized spacial score (nSPS) is 9.69. The molecule has 0 amide bonds. The Kier molecular flexibility index (Phi) is 2.74. The number of hydrogen-bond acceptors (Lipinski definition) is 4. The molecule has 0 unspecified atom stereocenters. The van der Waals surface area contributed by atoms with E-state index in [1.165, 1.54) is 6.20 Å². The number of rotatable bonds is 2. The molecule has 0 atom stereocenters. The molecule has 5 nitrogen and oxygen atoms in total. The first-order valence-corrected chi connectivity index (χ1v) is 4.67. The molecule has 0 saturated heterocycles. The summed E-state index contributed by atoms with van der Waals surface area (Å²) in [5, 5.41) is 8.58. The SMILES string of the molecule is N#Cc1cnc(Cc2ccncc2)[nH]c1=O. The fraction of sp³-hybridized carbons (Fsp3) is 0.0909. The standard InChI is InChI=1S/C11H8N4O/c12-6-9-7-14-10(15-11(9)16)5-8-1-3-13-4-2-8/h1-4,7H,5H2,(H,14,15,16). The predicted molar refractivity (Wildman–Crippen MR) is 56.6 cm³/mol. The lowest BCUT2D eigenvalue weighted by atomic mass is 10.2. The van der Waals surface area contributed by atoms with Gasteiger partial charge in [0.15, 0.2) is 0 Å². The zero-order chi connectivity index (χ0) is 11.4. The van der Waals surface area contributed by atoms with Crippen molar-refractivity contribution in [1.29, 1.82) is 5.26 Å². The molecule has 0 aliphatic rings. The monoisotopic (exact) mass is 212 g/mol. The second-order valence-corrected chi connectivity index (χ2v) is 3.22. The molecule has 2 heterocycles. The van der Waals surface area contributed by atoms with Crippen LogP contribution in [0, 0.1) is 11.3 Å². The molecular formula is C11H8N4O. The first-order valence-electron chi connectivity index (χ1n) is 4.67. The first-order chi connectivity index (χ1) is 7.79. The summed E-state index contributed by atoms with van der Waals surface area (Å²) < 4.78 is 0. The second-order valence-electron chi connectivity index (χ2n) is 3.22. The minimum atomic E-state index is -0.401. The van der Waals surface area contributed by atoms with Crippen molar-refractivity contribution in [3.63, 3.8) is 0 Å². The summed E-state index contributed by atoms with van der Waals surface area (Å²) in [6.07, 6.45) is 5.16. The Labute approximate surface area is 91.4 Å². The van der Waals surface area contributed by atoms with Gasteiger partial charge in [-0.1, -0.05) is 0 Å². The van der Waals surface area contributed by atoms with E-state index in [2.05, 4.69) is 15.0 Å². The average Bonchev–Trinajstić information content (AvgIpc) is 2.31. The Morgan fingerprint density at radius 1 is 1.38 bits per heavy atom. The summed E-state index contributed by atoms with van der Waals surface area (Å²) in [7, 11) is 0. The maximum Gasteiger partial charge on any atom is 0.268 e. The van der Waals surface area contributed by atoms with Crippen LogP contribution in [0.15, 0.2) is 35.5 Å². The van der Waals surface area contributed by atoms with Crippen molar-refractivity contribution < 1.29 is 0 Å². The quantitative estimate of drug-likeness (QED) is 0.791. The smallest absolute Gasteiger partial charge is 0.268 e. The maximum atomic E-state index is 11.3. The third-order valence-corrected chi connectivity index (χ3v) is 2.09. The highest BCUT2D eigenvalue weighted by molar-refractivity contribution is 5.23. The number of aromatic amines is 1. The largest absolute Gasteiger partial charge is 0.309 e. The molecule has 0 aliphatic heterocycles. The van der Waals surface area contributed by atoms with Gasteiger partial charge < -0.3 is 4.98 Å². The van der Waals surface area contributed by atoms with Crippen molar-refractivity contribution in [2.75, 3.05) is 0 Å². The van der Waals surface area contributed by atoms with E-state index in [0.29, 0.717) is 12.2 Å². The van der Waals surface area contributed by atoms with Crippen molar-refractivity contribution >= 4 is 0 Å². The van der Waals surface area contributed by atoms with E-state index in [-0.39, 0.29) is 5.56 Å². The molecule has 0 radical (unpaired) electrons. The van der Waals surface area contributed by atoms with E-state index in [1.54, 1.807) is 18.5 Å². The fourth-order valence-corrected chi connectivity index (χ4v) is 1.30. The lowest BCUT2D eigenvalue weighted by molar-refractivity contribution is 0.937. The highest BCUT2D eigenvalue weighted by Crippen LogP contribution is 2.02. The van der Waals surface area contributed by atoms with Crippen LogP contribution in [-0.4, -0.2) is 15.0 Å². The highest BCUT2D eigenvalue weighted by Gasteiger charge is 2.02. The molecule has 16 heavy (non-hydrogen) atoms. The van der Waals surface area contributed by atoms with Gasteiger partial charge in [-0.25, -0.2) is 4.98 Å². The lowest BCUT2D eigenvalue weighted by Gasteiger charge is -1.99. The second kappa shape index (κ2) is 4.36. The number of aromatic nitrogens is 3. The van der Waals surface area contributed by atoms with Gasteiger partial charge in [0.2, 0.25) is 0 Å². The van der Waals surface area contributed by atoms with Gasteiger partial charge in [-0.3, -0.25) is 9.78 Å². The highest BCUT2D eigenvalue weighted by atomic mass is 16.1. The summed E-state index contributed by atoms with van der Waals surface area (Å²) >= 11 is 0. The predicted octanol–water partition coefficient (Wildman–Crippen LogP) is 0.627. The number of pyridine rings is 1. The van der Waals surface area contributed by atoms with Crippen LogP contribution in [0.25, 0.3) is 0 Å². The molecule has 2 aromatic rings. The van der Waals surface area contributed by atoms with Gasteiger partial charge in [0.1, 0.15) is 17.5 Å². The van der Waals surface area contributed by atoms with Crippen molar-refractivity contribution in [3.05, 3.63) is 58.0 Å². The molecule has 5 heteroatoms. The summed E-state index contributed by atoms with van der Waals surface area (Å²) in [5.41, 5.74) is 0.628.